The Hall–Kier alpha value is -2.53. The van der Waals surface area contributed by atoms with Crippen molar-refractivity contribution >= 4 is 16.7 Å². The topological polar surface area (TPSA) is 53.0 Å². The van der Waals surface area contributed by atoms with Crippen molar-refractivity contribution in [3.05, 3.63) is 41.5 Å². The zero-order chi connectivity index (χ0) is 27.9. The maximum absolute atomic E-state index is 14.2. The Balaban J connectivity index is 1.28. The summed E-state index contributed by atoms with van der Waals surface area (Å²) in [6.07, 6.45) is -8.40. The van der Waals surface area contributed by atoms with Gasteiger partial charge in [-0.1, -0.05) is 18.2 Å². The number of alkyl halides is 6. The van der Waals surface area contributed by atoms with E-state index in [0.29, 0.717) is 24.9 Å². The van der Waals surface area contributed by atoms with Crippen LogP contribution in [0.25, 0.3) is 10.8 Å². The predicted molar refractivity (Wildman–Crippen MR) is 132 cm³/mol. The zero-order valence-corrected chi connectivity index (χ0v) is 21.4. The summed E-state index contributed by atoms with van der Waals surface area (Å²) in [4.78, 5) is 15.8. The van der Waals surface area contributed by atoms with Gasteiger partial charge in [-0.15, -0.1) is 0 Å². The molecule has 2 atom stereocenters. The highest BCUT2D eigenvalue weighted by molar-refractivity contribution is 5.89. The first-order valence-corrected chi connectivity index (χ1v) is 13.4. The van der Waals surface area contributed by atoms with E-state index in [9.17, 15) is 36.2 Å². The molecule has 214 valence electrons. The average molecular weight is 559 g/mol. The Kier molecular flexibility index (Phi) is 7.76. The normalized spacial score (nSPS) is 27.3. The van der Waals surface area contributed by atoms with Crippen molar-refractivity contribution in [1.82, 2.24) is 9.80 Å². The van der Waals surface area contributed by atoms with Crippen molar-refractivity contribution < 1.29 is 41.0 Å². The van der Waals surface area contributed by atoms with E-state index in [0.717, 1.165) is 31.6 Å². The SMILES string of the molecule is O=C(O)[C@@H]1CC[C@@H]2CN(Cc3ccc4c(C(F)(F)F)c(O[C@H]5CC[C@@H](C(F)(F)F)CC5)ccc4c3)CCN2C1. The number of nitrogens with zero attached hydrogens (tertiary/aromatic N) is 2. The zero-order valence-electron chi connectivity index (χ0n) is 21.4. The summed E-state index contributed by atoms with van der Waals surface area (Å²) < 4.78 is 87.1. The van der Waals surface area contributed by atoms with Crippen LogP contribution in [-0.2, 0) is 17.5 Å². The molecule has 39 heavy (non-hydrogen) atoms. The van der Waals surface area contributed by atoms with Gasteiger partial charge in [-0.3, -0.25) is 14.6 Å². The van der Waals surface area contributed by atoms with Gasteiger partial charge in [-0.05, 0) is 67.0 Å². The van der Waals surface area contributed by atoms with E-state index >= 15 is 0 Å². The predicted octanol–water partition coefficient (Wildman–Crippen LogP) is 6.34. The minimum absolute atomic E-state index is 0.00420. The quantitative estimate of drug-likeness (QED) is 0.434. The van der Waals surface area contributed by atoms with E-state index in [1.54, 1.807) is 18.2 Å². The molecular weight excluding hydrogens is 526 g/mol. The molecule has 2 aliphatic heterocycles. The van der Waals surface area contributed by atoms with Gasteiger partial charge in [0, 0.05) is 38.8 Å². The summed E-state index contributed by atoms with van der Waals surface area (Å²) in [5.41, 5.74) is -0.0178. The van der Waals surface area contributed by atoms with E-state index < -0.39 is 35.9 Å². The van der Waals surface area contributed by atoms with Crippen LogP contribution in [0.1, 0.15) is 49.7 Å². The van der Waals surface area contributed by atoms with Gasteiger partial charge in [0.2, 0.25) is 0 Å². The third kappa shape index (κ3) is 6.29. The first-order chi connectivity index (χ1) is 18.4. The lowest BCUT2D eigenvalue weighted by Gasteiger charge is -2.45. The maximum Gasteiger partial charge on any atom is 0.420 e. The number of piperazine rings is 1. The second-order valence-electron chi connectivity index (χ2n) is 11.1. The number of carboxylic acid groups (broad SMARTS) is 1. The minimum Gasteiger partial charge on any atom is -0.490 e. The molecule has 2 saturated heterocycles. The molecule has 2 aromatic carbocycles. The summed E-state index contributed by atoms with van der Waals surface area (Å²) in [5, 5.41) is 9.74. The highest BCUT2D eigenvalue weighted by Crippen LogP contribution is 2.44. The average Bonchev–Trinajstić information content (AvgIpc) is 2.87. The highest BCUT2D eigenvalue weighted by atomic mass is 19.4. The third-order valence-electron chi connectivity index (χ3n) is 8.51. The second kappa shape index (κ2) is 10.8. The summed E-state index contributed by atoms with van der Waals surface area (Å²) in [7, 11) is 0. The van der Waals surface area contributed by atoms with Gasteiger partial charge in [0.25, 0.3) is 0 Å². The van der Waals surface area contributed by atoms with Crippen LogP contribution in [0.3, 0.4) is 0 Å². The van der Waals surface area contributed by atoms with Gasteiger partial charge in [0.05, 0.1) is 17.9 Å². The van der Waals surface area contributed by atoms with Crippen molar-refractivity contribution in [2.75, 3.05) is 26.2 Å². The molecule has 0 aromatic heterocycles. The first-order valence-electron chi connectivity index (χ1n) is 13.4. The fourth-order valence-corrected chi connectivity index (χ4v) is 6.38. The fourth-order valence-electron chi connectivity index (χ4n) is 6.38. The number of ether oxygens (including phenoxy) is 1. The van der Waals surface area contributed by atoms with Crippen LogP contribution < -0.4 is 4.74 Å². The molecule has 3 fully saturated rings. The largest absolute Gasteiger partial charge is 0.490 e. The van der Waals surface area contributed by atoms with Gasteiger partial charge in [-0.25, -0.2) is 0 Å². The number of piperidine rings is 1. The Bertz CT molecular complexity index is 1190. The van der Waals surface area contributed by atoms with Crippen molar-refractivity contribution in [3.8, 4) is 5.75 Å². The van der Waals surface area contributed by atoms with Crippen LogP contribution >= 0.6 is 0 Å². The smallest absolute Gasteiger partial charge is 0.420 e. The first kappa shape index (κ1) is 28.0. The number of halogens is 6. The number of hydrogen-bond acceptors (Lipinski definition) is 4. The van der Waals surface area contributed by atoms with Gasteiger partial charge in [0.15, 0.2) is 0 Å². The van der Waals surface area contributed by atoms with Crippen molar-refractivity contribution in [2.24, 2.45) is 11.8 Å². The molecule has 0 bridgehead atoms. The molecule has 0 spiro atoms. The van der Waals surface area contributed by atoms with Gasteiger partial charge in [0.1, 0.15) is 11.3 Å². The molecule has 2 aromatic rings. The standard InChI is InChI=1S/C28H32F6N2O3/c29-27(30,31)20-4-7-22(8-5-20)39-24-10-3-18-13-17(1-9-23(18)25(24)28(32,33)34)14-35-11-12-36-15-19(26(37)38)2-6-21(36)16-35/h1,3,9-10,13,19-22H,2,4-8,11-12,14-16H2,(H,37,38)/t19-,20-,21-,22+/m1/s1. The molecule has 0 radical (unpaired) electrons. The number of aliphatic carboxylic acids is 1. The van der Waals surface area contributed by atoms with Crippen molar-refractivity contribution in [1.29, 1.82) is 0 Å². The number of hydrogen-bond donors (Lipinski definition) is 1. The van der Waals surface area contributed by atoms with Crippen LogP contribution in [0.4, 0.5) is 26.3 Å². The molecule has 1 saturated carbocycles. The molecule has 0 unspecified atom stereocenters. The molecule has 3 aliphatic rings. The number of benzene rings is 2. The van der Waals surface area contributed by atoms with Crippen molar-refractivity contribution in [2.45, 2.75) is 69.6 Å². The van der Waals surface area contributed by atoms with E-state index in [4.69, 9.17) is 4.74 Å². The number of carbonyl (C=O) groups is 1. The van der Waals surface area contributed by atoms with Gasteiger partial charge in [-0.2, -0.15) is 26.3 Å². The Morgan fingerprint density at radius 1 is 0.923 bits per heavy atom. The number of fused-ring (bicyclic) bond motifs is 2. The van der Waals surface area contributed by atoms with Gasteiger partial charge < -0.3 is 9.84 Å². The lowest BCUT2D eigenvalue weighted by atomic mass is 9.87. The monoisotopic (exact) mass is 558 g/mol. The molecule has 5 rings (SSSR count). The van der Waals surface area contributed by atoms with Crippen molar-refractivity contribution in [3.63, 3.8) is 0 Å². The Labute approximate surface area is 222 Å². The number of rotatable bonds is 5. The summed E-state index contributed by atoms with van der Waals surface area (Å²) in [5.74, 6) is -2.86. The lowest BCUT2D eigenvalue weighted by Crippen LogP contribution is -2.56. The maximum atomic E-state index is 14.2. The highest BCUT2D eigenvalue weighted by Gasteiger charge is 2.43. The third-order valence-corrected chi connectivity index (χ3v) is 8.51. The minimum atomic E-state index is -4.69. The van der Waals surface area contributed by atoms with E-state index in [1.165, 1.54) is 12.1 Å². The molecule has 5 nitrogen and oxygen atoms in total. The van der Waals surface area contributed by atoms with E-state index in [2.05, 4.69) is 9.80 Å². The fraction of sp³-hybridized carbons (Fsp3) is 0.607. The molecule has 1 N–H and O–H groups in total. The van der Waals surface area contributed by atoms with Crippen LogP contribution in [0.15, 0.2) is 30.3 Å². The Morgan fingerprint density at radius 3 is 2.33 bits per heavy atom. The van der Waals surface area contributed by atoms with Crippen LogP contribution in [-0.4, -0.2) is 65.4 Å². The van der Waals surface area contributed by atoms with Crippen LogP contribution in [0.2, 0.25) is 0 Å². The van der Waals surface area contributed by atoms with E-state index in [1.807, 2.05) is 0 Å². The summed E-state index contributed by atoms with van der Waals surface area (Å²) in [6, 6.07) is 8.02. The molecule has 11 heteroatoms. The van der Waals surface area contributed by atoms with Crippen LogP contribution in [0.5, 0.6) is 5.75 Å². The number of carboxylic acids is 1. The second-order valence-corrected chi connectivity index (χ2v) is 11.1. The van der Waals surface area contributed by atoms with E-state index in [-0.39, 0.29) is 48.8 Å². The van der Waals surface area contributed by atoms with Gasteiger partial charge >= 0.3 is 18.3 Å². The molecule has 0 amide bonds. The molecule has 2 heterocycles. The van der Waals surface area contributed by atoms with Crippen LogP contribution in [0, 0.1) is 11.8 Å². The summed E-state index contributed by atoms with van der Waals surface area (Å²) >= 11 is 0. The molecular formula is C28H32F6N2O3. The summed E-state index contributed by atoms with van der Waals surface area (Å²) in [6.45, 7) is 3.41. The lowest BCUT2D eigenvalue weighted by molar-refractivity contribution is -0.185. The Morgan fingerprint density at radius 2 is 1.67 bits per heavy atom. The molecule has 1 aliphatic carbocycles.